The molecule has 0 aliphatic heterocycles. The van der Waals surface area contributed by atoms with Crippen LogP contribution < -0.4 is 5.32 Å². The van der Waals surface area contributed by atoms with Gasteiger partial charge in [0.15, 0.2) is 0 Å². The van der Waals surface area contributed by atoms with E-state index < -0.39 is 5.97 Å². The fraction of sp³-hybridized carbons (Fsp3) is 0.125. The van der Waals surface area contributed by atoms with Crippen molar-refractivity contribution in [2.24, 2.45) is 0 Å². The van der Waals surface area contributed by atoms with E-state index in [0.717, 1.165) is 10.0 Å². The van der Waals surface area contributed by atoms with E-state index in [1.54, 1.807) is 31.2 Å². The Bertz CT molecular complexity index is 725. The van der Waals surface area contributed by atoms with Gasteiger partial charge in [-0.15, -0.1) is 0 Å². The molecule has 2 aromatic rings. The maximum atomic E-state index is 12.3. The molecule has 1 amide bonds. The first kappa shape index (κ1) is 15.3. The van der Waals surface area contributed by atoms with E-state index in [1.165, 1.54) is 6.07 Å². The van der Waals surface area contributed by atoms with Gasteiger partial charge < -0.3 is 10.4 Å². The maximum Gasteiger partial charge on any atom is 0.336 e. The van der Waals surface area contributed by atoms with Gasteiger partial charge in [0.1, 0.15) is 0 Å². The monoisotopic (exact) mass is 347 g/mol. The van der Waals surface area contributed by atoms with E-state index in [2.05, 4.69) is 21.2 Å². The van der Waals surface area contributed by atoms with Crippen molar-refractivity contribution in [3.05, 3.63) is 63.1 Å². The predicted molar refractivity (Wildman–Crippen MR) is 85.0 cm³/mol. The summed E-state index contributed by atoms with van der Waals surface area (Å²) in [4.78, 5) is 23.4. The predicted octanol–water partition coefficient (Wildman–Crippen LogP) is 4.02. The van der Waals surface area contributed by atoms with E-state index >= 15 is 0 Å². The van der Waals surface area contributed by atoms with Gasteiger partial charge in [-0.3, -0.25) is 4.79 Å². The second kappa shape index (κ2) is 6.10. The molecule has 2 rings (SSSR count). The van der Waals surface area contributed by atoms with E-state index in [4.69, 9.17) is 5.11 Å². The number of hydrogen-bond acceptors (Lipinski definition) is 2. The Kier molecular flexibility index (Phi) is 4.43. The third kappa shape index (κ3) is 3.13. The lowest BCUT2D eigenvalue weighted by atomic mass is 10.1. The summed E-state index contributed by atoms with van der Waals surface area (Å²) in [7, 11) is 0. The summed E-state index contributed by atoms with van der Waals surface area (Å²) < 4.78 is 0.731. The lowest BCUT2D eigenvalue weighted by Gasteiger charge is -2.12. The van der Waals surface area contributed by atoms with Crippen LogP contribution in [0.15, 0.2) is 40.9 Å². The number of carbonyl (C=O) groups excluding carboxylic acids is 1. The first-order valence-electron chi connectivity index (χ1n) is 6.31. The fourth-order valence-electron chi connectivity index (χ4n) is 2.02. The van der Waals surface area contributed by atoms with Crippen LogP contribution in [0.25, 0.3) is 0 Å². The topological polar surface area (TPSA) is 66.4 Å². The van der Waals surface area contributed by atoms with Crippen molar-refractivity contribution in [2.75, 3.05) is 5.32 Å². The molecule has 0 spiro atoms. The van der Waals surface area contributed by atoms with Gasteiger partial charge in [-0.1, -0.05) is 18.2 Å². The lowest BCUT2D eigenvalue weighted by Crippen LogP contribution is -2.15. The van der Waals surface area contributed by atoms with Gasteiger partial charge in [-0.05, 0) is 59.1 Å². The quantitative estimate of drug-likeness (QED) is 0.881. The molecule has 0 saturated carbocycles. The Balaban J connectivity index is 2.34. The van der Waals surface area contributed by atoms with Crippen LogP contribution in [0.5, 0.6) is 0 Å². The van der Waals surface area contributed by atoms with Crippen LogP contribution in [0.2, 0.25) is 0 Å². The van der Waals surface area contributed by atoms with Gasteiger partial charge in [-0.25, -0.2) is 4.79 Å². The van der Waals surface area contributed by atoms with Gasteiger partial charge in [0.05, 0.1) is 11.1 Å². The van der Waals surface area contributed by atoms with Gasteiger partial charge in [-0.2, -0.15) is 0 Å². The lowest BCUT2D eigenvalue weighted by molar-refractivity contribution is 0.0695. The third-order valence-corrected chi connectivity index (χ3v) is 4.30. The third-order valence-electron chi connectivity index (χ3n) is 3.25. The van der Waals surface area contributed by atoms with Crippen LogP contribution in [0.4, 0.5) is 5.69 Å². The number of amides is 1. The molecule has 2 aromatic carbocycles. The Hall–Kier alpha value is -2.14. The number of aromatic carboxylic acids is 1. The van der Waals surface area contributed by atoms with Crippen molar-refractivity contribution in [1.82, 2.24) is 0 Å². The molecule has 108 valence electrons. The van der Waals surface area contributed by atoms with Crippen LogP contribution in [-0.4, -0.2) is 17.0 Å². The van der Waals surface area contributed by atoms with E-state index in [-0.39, 0.29) is 11.5 Å². The van der Waals surface area contributed by atoms with Crippen molar-refractivity contribution in [3.63, 3.8) is 0 Å². The average Bonchev–Trinajstić information content (AvgIpc) is 2.43. The van der Waals surface area contributed by atoms with Crippen molar-refractivity contribution >= 4 is 33.5 Å². The summed E-state index contributed by atoms with van der Waals surface area (Å²) in [6.45, 7) is 3.57. The molecule has 0 aromatic heterocycles. The van der Waals surface area contributed by atoms with E-state index in [0.29, 0.717) is 16.8 Å². The molecule has 0 saturated heterocycles. The molecule has 21 heavy (non-hydrogen) atoms. The second-order valence-corrected chi connectivity index (χ2v) is 5.47. The number of carbonyl (C=O) groups is 2. The molecule has 0 aliphatic rings. The summed E-state index contributed by atoms with van der Waals surface area (Å²) >= 11 is 3.40. The smallest absolute Gasteiger partial charge is 0.336 e. The van der Waals surface area contributed by atoms with Gasteiger partial charge in [0.25, 0.3) is 5.91 Å². The zero-order chi connectivity index (χ0) is 15.6. The van der Waals surface area contributed by atoms with Crippen LogP contribution >= 0.6 is 15.9 Å². The number of benzene rings is 2. The van der Waals surface area contributed by atoms with Crippen molar-refractivity contribution < 1.29 is 14.7 Å². The summed E-state index contributed by atoms with van der Waals surface area (Å²) in [5.41, 5.74) is 2.67. The molecule has 0 bridgehead atoms. The molecule has 0 unspecified atom stereocenters. The zero-order valence-corrected chi connectivity index (χ0v) is 13.2. The first-order chi connectivity index (χ1) is 9.91. The Labute approximate surface area is 130 Å². The van der Waals surface area contributed by atoms with E-state index in [9.17, 15) is 9.59 Å². The van der Waals surface area contributed by atoms with Crippen LogP contribution in [-0.2, 0) is 0 Å². The minimum atomic E-state index is -1.01. The minimum Gasteiger partial charge on any atom is -0.478 e. The molecule has 4 nitrogen and oxygen atoms in total. The number of nitrogens with one attached hydrogen (secondary N) is 1. The van der Waals surface area contributed by atoms with Crippen LogP contribution in [0.3, 0.4) is 0 Å². The van der Waals surface area contributed by atoms with Gasteiger partial charge in [0.2, 0.25) is 0 Å². The SMILES string of the molecule is Cc1cccc(C(=O)Nc2cccc(C(=O)O)c2C)c1Br. The Morgan fingerprint density at radius 3 is 2.33 bits per heavy atom. The molecule has 0 radical (unpaired) electrons. The number of aryl methyl sites for hydroxylation is 1. The Morgan fingerprint density at radius 2 is 1.67 bits per heavy atom. The number of anilines is 1. The highest BCUT2D eigenvalue weighted by Crippen LogP contribution is 2.24. The summed E-state index contributed by atoms with van der Waals surface area (Å²) in [5, 5.41) is 11.9. The highest BCUT2D eigenvalue weighted by Gasteiger charge is 2.15. The van der Waals surface area contributed by atoms with Gasteiger partial charge in [0, 0.05) is 10.2 Å². The summed E-state index contributed by atoms with van der Waals surface area (Å²) in [5.74, 6) is -1.29. The molecule has 0 atom stereocenters. The normalized spacial score (nSPS) is 10.2. The molecule has 5 heteroatoms. The van der Waals surface area contributed by atoms with Crippen LogP contribution in [0, 0.1) is 13.8 Å². The number of halogens is 1. The van der Waals surface area contributed by atoms with Crippen molar-refractivity contribution in [3.8, 4) is 0 Å². The number of carboxylic acids is 1. The molecular formula is C16H14BrNO3. The minimum absolute atomic E-state index is 0.177. The molecule has 0 heterocycles. The van der Waals surface area contributed by atoms with Crippen molar-refractivity contribution in [2.45, 2.75) is 13.8 Å². The van der Waals surface area contributed by atoms with Crippen molar-refractivity contribution in [1.29, 1.82) is 0 Å². The van der Waals surface area contributed by atoms with Gasteiger partial charge >= 0.3 is 5.97 Å². The molecule has 0 fully saturated rings. The highest BCUT2D eigenvalue weighted by molar-refractivity contribution is 9.10. The fourth-order valence-corrected chi connectivity index (χ4v) is 2.46. The number of carboxylic acid groups (broad SMARTS) is 1. The first-order valence-corrected chi connectivity index (χ1v) is 7.10. The highest BCUT2D eigenvalue weighted by atomic mass is 79.9. The summed E-state index contributed by atoms with van der Waals surface area (Å²) in [6, 6.07) is 10.2. The van der Waals surface area contributed by atoms with Crippen LogP contribution in [0.1, 0.15) is 31.8 Å². The molecule has 0 aliphatic carbocycles. The average molecular weight is 348 g/mol. The standard InChI is InChI=1S/C16H14BrNO3/c1-9-5-3-7-12(14(9)17)15(19)18-13-8-4-6-11(10(13)2)16(20)21/h3-8H,1-2H3,(H,18,19)(H,20,21). The number of hydrogen-bond donors (Lipinski definition) is 2. The largest absolute Gasteiger partial charge is 0.478 e. The second-order valence-electron chi connectivity index (χ2n) is 4.67. The zero-order valence-electron chi connectivity index (χ0n) is 11.6. The maximum absolute atomic E-state index is 12.3. The summed E-state index contributed by atoms with van der Waals surface area (Å²) in [6.07, 6.45) is 0. The number of rotatable bonds is 3. The Morgan fingerprint density at radius 1 is 1.05 bits per heavy atom. The molecule has 2 N–H and O–H groups in total. The molecular weight excluding hydrogens is 334 g/mol. The van der Waals surface area contributed by atoms with E-state index in [1.807, 2.05) is 13.0 Å².